The van der Waals surface area contributed by atoms with Crippen LogP contribution in [0.4, 0.5) is 5.82 Å². The zero-order chi connectivity index (χ0) is 25.2. The zero-order valence-electron chi connectivity index (χ0n) is 20.7. The molecule has 2 N–H and O–H groups in total. The van der Waals surface area contributed by atoms with E-state index in [1.54, 1.807) is 17.7 Å². The summed E-state index contributed by atoms with van der Waals surface area (Å²) in [6, 6.07) is 19.6. The Morgan fingerprint density at radius 1 is 1.03 bits per heavy atom. The summed E-state index contributed by atoms with van der Waals surface area (Å²) in [5, 5.41) is 14.3. The number of benzene rings is 2. The van der Waals surface area contributed by atoms with Crippen LogP contribution >= 0.6 is 11.3 Å². The fourth-order valence-corrected chi connectivity index (χ4v) is 5.96. The third kappa shape index (κ3) is 5.37. The van der Waals surface area contributed by atoms with Gasteiger partial charge in [0.1, 0.15) is 17.0 Å². The molecule has 1 aliphatic carbocycles. The van der Waals surface area contributed by atoms with Crippen LogP contribution in [0.15, 0.2) is 67.0 Å². The molecule has 1 saturated carbocycles. The molecule has 0 bridgehead atoms. The Morgan fingerprint density at radius 2 is 1.78 bits per heavy atom. The van der Waals surface area contributed by atoms with Gasteiger partial charge in [-0.1, -0.05) is 42.5 Å². The van der Waals surface area contributed by atoms with Crippen LogP contribution < -0.4 is 5.32 Å². The molecular formula is C29H31N5O2S. The normalized spacial score (nSPS) is 17.2. The van der Waals surface area contributed by atoms with Gasteiger partial charge in [0.05, 0.1) is 18.0 Å². The number of rotatable bonds is 8. The van der Waals surface area contributed by atoms with Crippen LogP contribution in [0.5, 0.6) is 0 Å². The van der Waals surface area contributed by atoms with Gasteiger partial charge in [0.25, 0.3) is 5.91 Å². The molecule has 2 aromatic heterocycles. The molecule has 2 aromatic carbocycles. The topological polar surface area (TPSA) is 81.6 Å². The Balaban J connectivity index is 1.16. The molecule has 1 amide bonds. The molecule has 1 aliphatic heterocycles. The Hall–Kier alpha value is -3.33. The summed E-state index contributed by atoms with van der Waals surface area (Å²) in [5.74, 6) is 1.70. The number of aromatic nitrogens is 2. The first-order valence-corrected chi connectivity index (χ1v) is 13.8. The van der Waals surface area contributed by atoms with Gasteiger partial charge in [-0.25, -0.2) is 9.97 Å². The van der Waals surface area contributed by atoms with E-state index in [0.717, 1.165) is 63.9 Å². The van der Waals surface area contributed by atoms with Crippen LogP contribution in [0.3, 0.4) is 0 Å². The van der Waals surface area contributed by atoms with Crippen molar-refractivity contribution in [1.82, 2.24) is 19.8 Å². The van der Waals surface area contributed by atoms with Crippen molar-refractivity contribution in [3.63, 3.8) is 0 Å². The van der Waals surface area contributed by atoms with Crippen LogP contribution in [0.1, 0.15) is 34.8 Å². The lowest BCUT2D eigenvalue weighted by atomic mass is 10.1. The number of fused-ring (bicyclic) bond motifs is 1. The summed E-state index contributed by atoms with van der Waals surface area (Å²) >= 11 is 1.59. The van der Waals surface area contributed by atoms with Crippen molar-refractivity contribution in [2.45, 2.75) is 18.9 Å². The molecule has 1 unspecified atom stereocenters. The van der Waals surface area contributed by atoms with Gasteiger partial charge in [-0.05, 0) is 48.1 Å². The first-order chi connectivity index (χ1) is 18.2. The summed E-state index contributed by atoms with van der Waals surface area (Å²) < 4.78 is 0. The average Bonchev–Trinajstić information content (AvgIpc) is 3.66. The highest BCUT2D eigenvalue weighted by atomic mass is 32.1. The van der Waals surface area contributed by atoms with E-state index in [1.165, 1.54) is 19.4 Å². The number of hydrogen-bond acceptors (Lipinski definition) is 7. The van der Waals surface area contributed by atoms with Gasteiger partial charge in [-0.2, -0.15) is 0 Å². The van der Waals surface area contributed by atoms with Crippen LogP contribution in [-0.4, -0.2) is 70.1 Å². The van der Waals surface area contributed by atoms with E-state index in [1.807, 2.05) is 59.5 Å². The molecule has 7 nitrogen and oxygen atoms in total. The lowest BCUT2D eigenvalue weighted by Gasteiger charge is -2.34. The summed E-state index contributed by atoms with van der Waals surface area (Å²) in [5.41, 5.74) is 2.77. The molecule has 190 valence electrons. The predicted molar refractivity (Wildman–Crippen MR) is 148 cm³/mol. The highest BCUT2D eigenvalue weighted by Crippen LogP contribution is 2.36. The van der Waals surface area contributed by atoms with E-state index in [0.29, 0.717) is 5.82 Å². The SMILES string of the molecule is O=C(c1ccc(-c2cc3c(NC(CO)c4ccccc4)ncnc3s2)cc1)N1CCN(CC2CC2)CC1. The summed E-state index contributed by atoms with van der Waals surface area (Å²) in [7, 11) is 0. The van der Waals surface area contributed by atoms with Crippen molar-refractivity contribution < 1.29 is 9.90 Å². The minimum atomic E-state index is -0.261. The number of piperazine rings is 1. The molecule has 4 aromatic rings. The standard InChI is InChI=1S/C29H31N5O2S/c35-18-25(21-4-2-1-3-5-21)32-27-24-16-26(37-28(24)31-19-30-27)22-8-10-23(11-9-22)29(36)34-14-12-33(13-15-34)17-20-6-7-20/h1-5,8-11,16,19-20,25,35H,6-7,12-15,17-18H2,(H,30,31,32). The van der Waals surface area contributed by atoms with Crippen molar-refractivity contribution in [3.05, 3.63) is 78.1 Å². The van der Waals surface area contributed by atoms with E-state index in [9.17, 15) is 9.90 Å². The van der Waals surface area contributed by atoms with Crippen molar-refractivity contribution in [3.8, 4) is 10.4 Å². The second-order valence-corrected chi connectivity index (χ2v) is 11.0. The first kappa shape index (κ1) is 24.0. The molecule has 2 fully saturated rings. The Kier molecular flexibility index (Phi) is 6.87. The van der Waals surface area contributed by atoms with E-state index in [4.69, 9.17) is 0 Å². The van der Waals surface area contributed by atoms with Gasteiger partial charge in [-0.15, -0.1) is 11.3 Å². The number of anilines is 1. The second kappa shape index (κ2) is 10.6. The smallest absolute Gasteiger partial charge is 0.253 e. The van der Waals surface area contributed by atoms with E-state index in [2.05, 4.69) is 26.3 Å². The minimum Gasteiger partial charge on any atom is -0.394 e. The van der Waals surface area contributed by atoms with Crippen LogP contribution in [-0.2, 0) is 0 Å². The van der Waals surface area contributed by atoms with E-state index in [-0.39, 0.29) is 18.6 Å². The van der Waals surface area contributed by atoms with E-state index >= 15 is 0 Å². The van der Waals surface area contributed by atoms with Gasteiger partial charge >= 0.3 is 0 Å². The molecule has 2 aliphatic rings. The van der Waals surface area contributed by atoms with Gasteiger partial charge < -0.3 is 15.3 Å². The maximum atomic E-state index is 13.1. The number of hydrogen-bond donors (Lipinski definition) is 2. The fourth-order valence-electron chi connectivity index (χ4n) is 4.96. The summed E-state index contributed by atoms with van der Waals surface area (Å²) in [4.78, 5) is 28.4. The first-order valence-electron chi connectivity index (χ1n) is 13.0. The highest BCUT2D eigenvalue weighted by Gasteiger charge is 2.28. The van der Waals surface area contributed by atoms with Gasteiger partial charge in [-0.3, -0.25) is 9.69 Å². The number of nitrogens with zero attached hydrogens (tertiary/aromatic N) is 4. The lowest BCUT2D eigenvalue weighted by Crippen LogP contribution is -2.49. The molecule has 1 saturated heterocycles. The van der Waals surface area contributed by atoms with Crippen LogP contribution in [0, 0.1) is 5.92 Å². The summed E-state index contributed by atoms with van der Waals surface area (Å²) in [6.45, 7) is 4.70. The zero-order valence-corrected chi connectivity index (χ0v) is 21.5. The molecule has 1 atom stereocenters. The van der Waals surface area contributed by atoms with Crippen molar-refractivity contribution >= 4 is 33.3 Å². The Morgan fingerprint density at radius 3 is 2.49 bits per heavy atom. The monoisotopic (exact) mass is 513 g/mol. The van der Waals surface area contributed by atoms with Crippen LogP contribution in [0.25, 0.3) is 20.7 Å². The van der Waals surface area contributed by atoms with Crippen LogP contribution in [0.2, 0.25) is 0 Å². The molecule has 37 heavy (non-hydrogen) atoms. The Bertz CT molecular complexity index is 1360. The molecule has 0 radical (unpaired) electrons. The minimum absolute atomic E-state index is 0.0441. The molecular weight excluding hydrogens is 482 g/mol. The average molecular weight is 514 g/mol. The number of thiophene rings is 1. The number of aliphatic hydroxyl groups excluding tert-OH is 1. The summed E-state index contributed by atoms with van der Waals surface area (Å²) in [6.07, 6.45) is 4.29. The molecule has 0 spiro atoms. The molecule has 3 heterocycles. The van der Waals surface area contributed by atoms with Gasteiger partial charge in [0.2, 0.25) is 0 Å². The van der Waals surface area contributed by atoms with Crippen molar-refractivity contribution in [2.24, 2.45) is 5.92 Å². The Labute approximate surface area is 220 Å². The number of carbonyl (C=O) groups excluding carboxylic acids is 1. The number of aliphatic hydroxyl groups is 1. The third-order valence-corrected chi connectivity index (χ3v) is 8.41. The van der Waals surface area contributed by atoms with Crippen molar-refractivity contribution in [2.75, 3.05) is 44.6 Å². The van der Waals surface area contributed by atoms with Gasteiger partial charge in [0, 0.05) is 43.2 Å². The quantitative estimate of drug-likeness (QED) is 0.356. The number of amides is 1. The maximum absolute atomic E-state index is 13.1. The van der Waals surface area contributed by atoms with E-state index < -0.39 is 0 Å². The highest BCUT2D eigenvalue weighted by molar-refractivity contribution is 7.21. The maximum Gasteiger partial charge on any atom is 0.253 e. The largest absolute Gasteiger partial charge is 0.394 e. The van der Waals surface area contributed by atoms with Gasteiger partial charge in [0.15, 0.2) is 0 Å². The molecule has 6 rings (SSSR count). The fraction of sp³-hybridized carbons (Fsp3) is 0.345. The lowest BCUT2D eigenvalue weighted by molar-refractivity contribution is 0.0632. The number of carbonyl (C=O) groups is 1. The molecule has 8 heteroatoms. The predicted octanol–water partition coefficient (Wildman–Crippen LogP) is 4.67. The van der Waals surface area contributed by atoms with Crippen molar-refractivity contribution in [1.29, 1.82) is 0 Å². The number of nitrogens with one attached hydrogen (secondary N) is 1. The second-order valence-electron chi connectivity index (χ2n) is 9.96. The third-order valence-electron chi connectivity index (χ3n) is 7.31.